The molecule has 3 aromatic rings. The van der Waals surface area contributed by atoms with Crippen LogP contribution in [0.25, 0.3) is 0 Å². The molecule has 32 heavy (non-hydrogen) atoms. The van der Waals surface area contributed by atoms with Crippen molar-refractivity contribution in [2.24, 2.45) is 0 Å². The minimum atomic E-state index is -0.771. The van der Waals surface area contributed by atoms with Gasteiger partial charge in [0.1, 0.15) is 5.56 Å². The number of rotatable bonds is 7. The lowest BCUT2D eigenvalue weighted by atomic mass is 10.1. The van der Waals surface area contributed by atoms with Crippen molar-refractivity contribution >= 4 is 23.0 Å². The minimum Gasteiger partial charge on any atom is -0.387 e. The Bertz CT molecular complexity index is 1110. The summed E-state index contributed by atoms with van der Waals surface area (Å²) in [6.45, 7) is 2.18. The van der Waals surface area contributed by atoms with Crippen LogP contribution in [-0.2, 0) is 0 Å². The van der Waals surface area contributed by atoms with E-state index < -0.39 is 17.6 Å². The summed E-state index contributed by atoms with van der Waals surface area (Å²) in [5, 5.41) is 16.3. The van der Waals surface area contributed by atoms with E-state index in [0.29, 0.717) is 11.4 Å². The van der Waals surface area contributed by atoms with Crippen LogP contribution in [0.2, 0.25) is 0 Å². The van der Waals surface area contributed by atoms with Crippen molar-refractivity contribution < 1.29 is 9.90 Å². The van der Waals surface area contributed by atoms with Crippen molar-refractivity contribution in [2.45, 2.75) is 25.4 Å². The molecule has 0 spiro atoms. The summed E-state index contributed by atoms with van der Waals surface area (Å²) in [7, 11) is 0. The van der Waals surface area contributed by atoms with E-state index in [-0.39, 0.29) is 12.1 Å². The van der Waals surface area contributed by atoms with E-state index >= 15 is 0 Å². The zero-order valence-electron chi connectivity index (χ0n) is 17.9. The van der Waals surface area contributed by atoms with Crippen LogP contribution >= 0.6 is 0 Å². The predicted molar refractivity (Wildman–Crippen MR) is 127 cm³/mol. The fourth-order valence-electron chi connectivity index (χ4n) is 3.98. The molecular weight excluding hydrogens is 404 g/mol. The number of aromatic amines is 1. The number of nitrogens with zero attached hydrogens (tertiary/aromatic N) is 1. The highest BCUT2D eigenvalue weighted by Gasteiger charge is 2.18. The molecule has 1 saturated heterocycles. The summed E-state index contributed by atoms with van der Waals surface area (Å²) in [5.41, 5.74) is 2.31. The number of hydrogen-bond acceptors (Lipinski definition) is 5. The highest BCUT2D eigenvalue weighted by atomic mass is 16.3. The van der Waals surface area contributed by atoms with Crippen LogP contribution in [0, 0.1) is 0 Å². The van der Waals surface area contributed by atoms with Gasteiger partial charge in [-0.3, -0.25) is 9.59 Å². The fourth-order valence-corrected chi connectivity index (χ4v) is 3.98. The number of amides is 1. The lowest BCUT2D eigenvalue weighted by Gasteiger charge is -2.29. The second-order valence-corrected chi connectivity index (χ2v) is 7.96. The Labute approximate surface area is 187 Å². The smallest absolute Gasteiger partial charge is 0.263 e. The van der Waals surface area contributed by atoms with Gasteiger partial charge in [-0.05, 0) is 49.1 Å². The number of aliphatic hydroxyl groups is 1. The standard InChI is InChI=1S/C25H28N4O3/c30-22(18-8-3-1-4-9-18)17-27-21-12-13-26-24(31)23(21)25(32)28-19-10-7-11-20(16-19)29-14-5-2-6-15-29/h1,3-4,7-13,16,22,30H,2,5-6,14-15,17H2,(H,28,32)(H2,26,27,31)/t22-/m1/s1. The van der Waals surface area contributed by atoms with Gasteiger partial charge in [0.2, 0.25) is 0 Å². The SMILES string of the molecule is O=C(Nc1cccc(N2CCCCC2)c1)c1c(NC[C@@H](O)c2ccccc2)cc[nH]c1=O. The third-order valence-electron chi connectivity index (χ3n) is 5.68. The van der Waals surface area contributed by atoms with Gasteiger partial charge in [-0.25, -0.2) is 0 Å². The molecule has 0 saturated carbocycles. The Balaban J connectivity index is 1.48. The summed E-state index contributed by atoms with van der Waals surface area (Å²) >= 11 is 0. The molecule has 0 unspecified atom stereocenters. The van der Waals surface area contributed by atoms with E-state index in [9.17, 15) is 14.7 Å². The van der Waals surface area contributed by atoms with Crippen molar-refractivity contribution in [3.8, 4) is 0 Å². The lowest BCUT2D eigenvalue weighted by molar-refractivity contribution is 0.102. The maximum atomic E-state index is 13.0. The van der Waals surface area contributed by atoms with Gasteiger partial charge in [0, 0.05) is 37.2 Å². The molecule has 0 radical (unpaired) electrons. The number of H-pyrrole nitrogens is 1. The van der Waals surface area contributed by atoms with Gasteiger partial charge in [-0.2, -0.15) is 0 Å². The van der Waals surface area contributed by atoms with E-state index in [2.05, 4.69) is 20.5 Å². The van der Waals surface area contributed by atoms with Crippen molar-refractivity contribution in [3.05, 3.63) is 88.3 Å². The predicted octanol–water partition coefficient (Wildman–Crippen LogP) is 3.76. The summed E-state index contributed by atoms with van der Waals surface area (Å²) in [5.74, 6) is -0.501. The Hall–Kier alpha value is -3.58. The normalized spacial score (nSPS) is 14.6. The highest BCUT2D eigenvalue weighted by molar-refractivity contribution is 6.07. The largest absolute Gasteiger partial charge is 0.387 e. The van der Waals surface area contributed by atoms with Gasteiger partial charge in [0.15, 0.2) is 0 Å². The Morgan fingerprint density at radius 3 is 2.59 bits per heavy atom. The van der Waals surface area contributed by atoms with Crippen LogP contribution in [0.4, 0.5) is 17.1 Å². The number of aromatic nitrogens is 1. The third-order valence-corrected chi connectivity index (χ3v) is 5.68. The average molecular weight is 433 g/mol. The van der Waals surface area contributed by atoms with Crippen molar-refractivity contribution in [2.75, 3.05) is 35.2 Å². The van der Waals surface area contributed by atoms with Crippen LogP contribution in [-0.4, -0.2) is 35.6 Å². The number of hydrogen-bond donors (Lipinski definition) is 4. The molecule has 1 atom stereocenters. The first-order valence-electron chi connectivity index (χ1n) is 11.0. The van der Waals surface area contributed by atoms with Gasteiger partial charge in [0.05, 0.1) is 11.8 Å². The molecular formula is C25H28N4O3. The molecule has 2 aromatic carbocycles. The van der Waals surface area contributed by atoms with Crippen LogP contribution in [0.1, 0.15) is 41.3 Å². The van der Waals surface area contributed by atoms with Crippen molar-refractivity contribution in [3.63, 3.8) is 0 Å². The summed E-state index contributed by atoms with van der Waals surface area (Å²) in [6.07, 6.45) is 4.29. The summed E-state index contributed by atoms with van der Waals surface area (Å²) < 4.78 is 0. The number of aliphatic hydroxyl groups excluding tert-OH is 1. The molecule has 1 aliphatic rings. The molecule has 0 bridgehead atoms. The van der Waals surface area contributed by atoms with E-state index in [1.807, 2.05) is 54.6 Å². The van der Waals surface area contributed by atoms with E-state index in [0.717, 1.165) is 24.3 Å². The zero-order valence-corrected chi connectivity index (χ0v) is 17.9. The zero-order chi connectivity index (χ0) is 22.3. The van der Waals surface area contributed by atoms with Crippen LogP contribution in [0.15, 0.2) is 71.7 Å². The Kier molecular flexibility index (Phi) is 6.87. The van der Waals surface area contributed by atoms with Gasteiger partial charge in [-0.15, -0.1) is 0 Å². The second kappa shape index (κ2) is 10.2. The molecule has 4 N–H and O–H groups in total. The van der Waals surface area contributed by atoms with Gasteiger partial charge in [0.25, 0.3) is 11.5 Å². The van der Waals surface area contributed by atoms with Crippen LogP contribution < -0.4 is 21.1 Å². The number of carbonyl (C=O) groups is 1. The van der Waals surface area contributed by atoms with Crippen LogP contribution in [0.5, 0.6) is 0 Å². The minimum absolute atomic E-state index is 0.0175. The maximum Gasteiger partial charge on any atom is 0.263 e. The molecule has 166 valence electrons. The lowest BCUT2D eigenvalue weighted by Crippen LogP contribution is -2.29. The first-order chi connectivity index (χ1) is 15.6. The van der Waals surface area contributed by atoms with Crippen LogP contribution in [0.3, 0.4) is 0 Å². The topological polar surface area (TPSA) is 97.5 Å². The molecule has 1 fully saturated rings. The third kappa shape index (κ3) is 5.18. The molecule has 1 amide bonds. The molecule has 2 heterocycles. The Morgan fingerprint density at radius 2 is 1.81 bits per heavy atom. The quantitative estimate of drug-likeness (QED) is 0.456. The Morgan fingerprint density at radius 1 is 1.03 bits per heavy atom. The number of anilines is 3. The maximum absolute atomic E-state index is 13.0. The molecule has 0 aliphatic carbocycles. The van der Waals surface area contributed by atoms with Gasteiger partial charge in [-0.1, -0.05) is 36.4 Å². The number of piperidine rings is 1. The first-order valence-corrected chi connectivity index (χ1v) is 11.0. The highest BCUT2D eigenvalue weighted by Crippen LogP contribution is 2.24. The van der Waals surface area contributed by atoms with Gasteiger partial charge >= 0.3 is 0 Å². The van der Waals surface area contributed by atoms with E-state index in [4.69, 9.17) is 0 Å². The van der Waals surface area contributed by atoms with Crippen molar-refractivity contribution in [1.82, 2.24) is 4.98 Å². The first kappa shape index (κ1) is 21.6. The molecule has 1 aromatic heterocycles. The summed E-state index contributed by atoms with van der Waals surface area (Å²) in [6, 6.07) is 18.5. The molecule has 4 rings (SSSR count). The number of nitrogens with one attached hydrogen (secondary N) is 3. The summed E-state index contributed by atoms with van der Waals surface area (Å²) in [4.78, 5) is 30.4. The van der Waals surface area contributed by atoms with E-state index in [1.54, 1.807) is 6.07 Å². The molecule has 7 heteroatoms. The fraction of sp³-hybridized carbons (Fsp3) is 0.280. The number of carbonyl (C=O) groups excluding carboxylic acids is 1. The number of benzene rings is 2. The molecule has 7 nitrogen and oxygen atoms in total. The molecule has 1 aliphatic heterocycles. The van der Waals surface area contributed by atoms with E-state index in [1.165, 1.54) is 25.5 Å². The van der Waals surface area contributed by atoms with Crippen molar-refractivity contribution in [1.29, 1.82) is 0 Å². The second-order valence-electron chi connectivity index (χ2n) is 7.96. The monoisotopic (exact) mass is 432 g/mol. The number of pyridine rings is 1. The van der Waals surface area contributed by atoms with Gasteiger partial charge < -0.3 is 25.6 Å². The average Bonchev–Trinajstić information content (AvgIpc) is 2.83.